The summed E-state index contributed by atoms with van der Waals surface area (Å²) in [4.78, 5) is 14.5. The molecule has 0 spiro atoms. The van der Waals surface area contributed by atoms with Gasteiger partial charge in [0.25, 0.3) is 5.70 Å². The number of hydrogen-bond donors (Lipinski definition) is 1. The Morgan fingerprint density at radius 3 is 3.05 bits per heavy atom. The summed E-state index contributed by atoms with van der Waals surface area (Å²) in [5.74, 6) is 0.921. The fourth-order valence-electron chi connectivity index (χ4n) is 1.83. The first-order chi connectivity index (χ1) is 10.2. The van der Waals surface area contributed by atoms with Crippen molar-refractivity contribution >= 4 is 11.0 Å². The first-order valence-corrected chi connectivity index (χ1v) is 6.57. The predicted molar refractivity (Wildman–Crippen MR) is 78.2 cm³/mol. The van der Waals surface area contributed by atoms with Gasteiger partial charge in [-0.25, -0.2) is 20.1 Å². The third-order valence-electron chi connectivity index (χ3n) is 2.82. The van der Waals surface area contributed by atoms with Crippen LogP contribution in [0.5, 0.6) is 5.88 Å². The Balaban J connectivity index is 2.35. The van der Waals surface area contributed by atoms with Crippen LogP contribution >= 0.6 is 0 Å². The zero-order valence-electron chi connectivity index (χ0n) is 11.9. The quantitative estimate of drug-likeness (QED) is 0.675. The van der Waals surface area contributed by atoms with E-state index < -0.39 is 0 Å². The molecular weight excluding hydrogens is 266 g/mol. The molecule has 106 valence electrons. The largest absolute Gasteiger partial charge is 0.477 e. The molecule has 0 bridgehead atoms. The summed E-state index contributed by atoms with van der Waals surface area (Å²) in [6.07, 6.45) is 5.30. The van der Waals surface area contributed by atoms with Gasteiger partial charge in [-0.2, -0.15) is 0 Å². The lowest BCUT2D eigenvalue weighted by molar-refractivity contribution is 0.264. The Hall–Kier alpha value is -2.86. The average molecular weight is 281 g/mol. The van der Waals surface area contributed by atoms with Crippen LogP contribution in [0.25, 0.3) is 15.9 Å². The third-order valence-corrected chi connectivity index (χ3v) is 2.82. The van der Waals surface area contributed by atoms with Gasteiger partial charge < -0.3 is 9.72 Å². The Morgan fingerprint density at radius 2 is 2.38 bits per heavy atom. The van der Waals surface area contributed by atoms with E-state index in [2.05, 4.69) is 33.6 Å². The van der Waals surface area contributed by atoms with Gasteiger partial charge in [-0.1, -0.05) is 19.9 Å². The van der Waals surface area contributed by atoms with Gasteiger partial charge in [-0.3, -0.25) is 0 Å². The van der Waals surface area contributed by atoms with Crippen molar-refractivity contribution in [2.75, 3.05) is 6.61 Å². The van der Waals surface area contributed by atoms with Crippen LogP contribution < -0.4 is 4.74 Å². The van der Waals surface area contributed by atoms with Crippen LogP contribution in [0.1, 0.15) is 19.4 Å². The van der Waals surface area contributed by atoms with Gasteiger partial charge in [0, 0.05) is 6.20 Å². The zero-order chi connectivity index (χ0) is 15.2. The molecule has 6 nitrogen and oxygen atoms in total. The highest BCUT2D eigenvalue weighted by Gasteiger charge is 2.12. The molecule has 2 heterocycles. The smallest absolute Gasteiger partial charge is 0.258 e. The summed E-state index contributed by atoms with van der Waals surface area (Å²) >= 11 is 0. The van der Waals surface area contributed by atoms with E-state index in [9.17, 15) is 0 Å². The topological polar surface area (TPSA) is 79.0 Å². The molecule has 0 aromatic carbocycles. The number of ether oxygens (including phenoxy) is 1. The monoisotopic (exact) mass is 281 g/mol. The molecule has 0 unspecified atom stereocenters. The highest BCUT2D eigenvalue weighted by molar-refractivity contribution is 5.84. The van der Waals surface area contributed by atoms with Crippen molar-refractivity contribution in [1.82, 2.24) is 15.0 Å². The lowest BCUT2D eigenvalue weighted by Crippen LogP contribution is -2.06. The molecule has 0 saturated carbocycles. The summed E-state index contributed by atoms with van der Waals surface area (Å²) in [7, 11) is 0. The van der Waals surface area contributed by atoms with Gasteiger partial charge in [-0.05, 0) is 17.9 Å². The van der Waals surface area contributed by atoms with Gasteiger partial charge in [-0.15, -0.1) is 0 Å². The third kappa shape index (κ3) is 3.37. The molecule has 0 radical (unpaired) electrons. The van der Waals surface area contributed by atoms with Crippen molar-refractivity contribution in [3.05, 3.63) is 41.3 Å². The molecule has 21 heavy (non-hydrogen) atoms. The minimum atomic E-state index is 0.0749. The van der Waals surface area contributed by atoms with Crippen LogP contribution in [-0.2, 0) is 6.42 Å². The number of rotatable bonds is 5. The zero-order valence-corrected chi connectivity index (χ0v) is 11.9. The summed E-state index contributed by atoms with van der Waals surface area (Å²) in [6, 6.07) is 1.85. The maximum atomic E-state index is 8.78. The highest BCUT2D eigenvalue weighted by Crippen LogP contribution is 2.26. The van der Waals surface area contributed by atoms with E-state index in [0.29, 0.717) is 30.5 Å². The number of allylic oxidation sites excluding steroid dienone is 2. The van der Waals surface area contributed by atoms with E-state index in [1.165, 1.54) is 6.33 Å². The van der Waals surface area contributed by atoms with E-state index in [-0.39, 0.29) is 5.70 Å². The maximum Gasteiger partial charge on any atom is 0.258 e. The second-order valence-corrected chi connectivity index (χ2v) is 4.94. The number of nitriles is 1. The standard InChI is InChI=1S/C15H15N5O/c1-10(2)8-21-15-13-11(4-5-12(6-16)17-3)7-18-14(13)19-9-20-15/h5,7,9-10H,4,8H2,1-2H3,(H,18,19,20)/b12-5-. The minimum absolute atomic E-state index is 0.0749. The molecule has 0 aliphatic heterocycles. The average Bonchev–Trinajstić information content (AvgIpc) is 2.90. The molecule has 2 rings (SSSR count). The maximum absolute atomic E-state index is 8.78. The SMILES string of the molecule is [C-]#[N+]/C(C#N)=C\Cc1c[nH]c2ncnc(OCC(C)C)c12. The first kappa shape index (κ1) is 14.5. The van der Waals surface area contributed by atoms with Gasteiger partial charge in [0.2, 0.25) is 5.88 Å². The van der Waals surface area contributed by atoms with Crippen molar-refractivity contribution in [2.45, 2.75) is 20.3 Å². The van der Waals surface area contributed by atoms with Crippen LogP contribution in [0.15, 0.2) is 24.3 Å². The number of H-pyrrole nitrogens is 1. The van der Waals surface area contributed by atoms with Crippen molar-refractivity contribution in [3.63, 3.8) is 0 Å². The number of aromatic amines is 1. The second-order valence-electron chi connectivity index (χ2n) is 4.94. The Kier molecular flexibility index (Phi) is 4.53. The number of hydrogen-bond acceptors (Lipinski definition) is 4. The van der Waals surface area contributed by atoms with Gasteiger partial charge in [0.15, 0.2) is 0 Å². The van der Waals surface area contributed by atoms with Crippen molar-refractivity contribution in [1.29, 1.82) is 5.26 Å². The Labute approximate surface area is 122 Å². The molecule has 0 atom stereocenters. The van der Waals surface area contributed by atoms with E-state index >= 15 is 0 Å². The van der Waals surface area contributed by atoms with Crippen molar-refractivity contribution in [2.24, 2.45) is 5.92 Å². The lowest BCUT2D eigenvalue weighted by Gasteiger charge is -2.08. The fraction of sp³-hybridized carbons (Fsp3) is 0.333. The fourth-order valence-corrected chi connectivity index (χ4v) is 1.83. The van der Waals surface area contributed by atoms with Gasteiger partial charge in [0.05, 0.1) is 24.6 Å². The van der Waals surface area contributed by atoms with Crippen LogP contribution in [0, 0.1) is 23.8 Å². The van der Waals surface area contributed by atoms with E-state index in [1.54, 1.807) is 12.3 Å². The van der Waals surface area contributed by atoms with E-state index in [0.717, 1.165) is 10.9 Å². The van der Waals surface area contributed by atoms with Crippen LogP contribution in [0.4, 0.5) is 0 Å². The summed E-state index contributed by atoms with van der Waals surface area (Å²) in [5.41, 5.74) is 1.67. The number of fused-ring (bicyclic) bond motifs is 1. The molecule has 2 aromatic rings. The molecule has 1 N–H and O–H groups in total. The van der Waals surface area contributed by atoms with E-state index in [4.69, 9.17) is 16.6 Å². The lowest BCUT2D eigenvalue weighted by atomic mass is 10.1. The molecule has 0 amide bonds. The van der Waals surface area contributed by atoms with Gasteiger partial charge in [0.1, 0.15) is 12.0 Å². The molecule has 0 aliphatic carbocycles. The second kappa shape index (κ2) is 6.53. The van der Waals surface area contributed by atoms with Crippen LogP contribution in [-0.4, -0.2) is 21.6 Å². The molecule has 6 heteroatoms. The summed E-state index contributed by atoms with van der Waals surface area (Å²) in [5, 5.41) is 9.58. The normalized spacial score (nSPS) is 11.4. The number of aromatic nitrogens is 3. The summed E-state index contributed by atoms with van der Waals surface area (Å²) in [6.45, 7) is 11.6. The number of nitrogens with zero attached hydrogens (tertiary/aromatic N) is 4. The first-order valence-electron chi connectivity index (χ1n) is 6.57. The van der Waals surface area contributed by atoms with Crippen molar-refractivity contribution < 1.29 is 4.74 Å². The van der Waals surface area contributed by atoms with Crippen LogP contribution in [0.2, 0.25) is 0 Å². The number of nitrogens with one attached hydrogen (secondary N) is 1. The van der Waals surface area contributed by atoms with E-state index in [1.807, 2.05) is 6.07 Å². The van der Waals surface area contributed by atoms with Crippen molar-refractivity contribution in [3.8, 4) is 11.9 Å². The highest BCUT2D eigenvalue weighted by atomic mass is 16.5. The van der Waals surface area contributed by atoms with Gasteiger partial charge >= 0.3 is 0 Å². The molecule has 0 fully saturated rings. The predicted octanol–water partition coefficient (Wildman–Crippen LogP) is 2.86. The molecule has 2 aromatic heterocycles. The minimum Gasteiger partial charge on any atom is -0.477 e. The van der Waals surface area contributed by atoms with Crippen LogP contribution in [0.3, 0.4) is 0 Å². The molecule has 0 saturated heterocycles. The Morgan fingerprint density at radius 1 is 1.57 bits per heavy atom. The summed E-state index contributed by atoms with van der Waals surface area (Å²) < 4.78 is 5.72. The molecule has 0 aliphatic rings. The Bertz CT molecular complexity index is 729. The molecular formula is C15H15N5O.